The summed E-state index contributed by atoms with van der Waals surface area (Å²) in [6.45, 7) is 3.96. The molecular weight excluding hydrogens is 415 g/mol. The number of halogens is 1. The molecule has 0 aliphatic carbocycles. The van der Waals surface area contributed by atoms with Crippen LogP contribution in [0.2, 0.25) is 0 Å². The van der Waals surface area contributed by atoms with Crippen LogP contribution in [-0.2, 0) is 4.79 Å². The molecule has 0 saturated carbocycles. The lowest BCUT2D eigenvalue weighted by atomic mass is 10.0. The average molecular weight is 438 g/mol. The molecule has 0 atom stereocenters. The minimum Gasteiger partial charge on any atom is -0.360 e. The summed E-state index contributed by atoms with van der Waals surface area (Å²) < 4.78 is 1.15. The zero-order valence-corrected chi connectivity index (χ0v) is 16.5. The lowest BCUT2D eigenvalue weighted by Crippen LogP contribution is -2.44. The van der Waals surface area contributed by atoms with Crippen LogP contribution in [0.4, 0.5) is 5.69 Å². The third kappa shape index (κ3) is 4.71. The second-order valence-corrected chi connectivity index (χ2v) is 7.47. The summed E-state index contributed by atoms with van der Waals surface area (Å²) in [6, 6.07) is 8.22. The van der Waals surface area contributed by atoms with Gasteiger partial charge >= 0.3 is 0 Å². The van der Waals surface area contributed by atoms with Gasteiger partial charge in [0.1, 0.15) is 11.6 Å². The van der Waals surface area contributed by atoms with Crippen molar-refractivity contribution >= 4 is 34.2 Å². The molecule has 0 spiro atoms. The van der Waals surface area contributed by atoms with E-state index < -0.39 is 0 Å². The Hall–Kier alpha value is -1.59. The molecule has 0 radical (unpaired) electrons. The monoisotopic (exact) mass is 438 g/mol. The summed E-state index contributed by atoms with van der Waals surface area (Å²) in [5.41, 5.74) is 2.11. The number of likely N-dealkylation sites (N-methyl/N-ethyl adjacent to an activating group) is 1. The van der Waals surface area contributed by atoms with E-state index in [0.29, 0.717) is 0 Å². The van der Waals surface area contributed by atoms with Gasteiger partial charge in [-0.15, -0.1) is 0 Å². The minimum absolute atomic E-state index is 0.134. The van der Waals surface area contributed by atoms with Crippen molar-refractivity contribution in [1.29, 1.82) is 5.26 Å². The molecular formula is C18H23IN4O. The fourth-order valence-electron chi connectivity index (χ4n) is 2.82. The van der Waals surface area contributed by atoms with Crippen LogP contribution in [0.25, 0.3) is 0 Å². The molecule has 0 bridgehead atoms. The number of piperidine rings is 1. The van der Waals surface area contributed by atoms with Crippen molar-refractivity contribution < 1.29 is 4.79 Å². The summed E-state index contributed by atoms with van der Waals surface area (Å²) >= 11 is 2.26. The highest BCUT2D eigenvalue weighted by atomic mass is 127. The van der Waals surface area contributed by atoms with Crippen molar-refractivity contribution in [1.82, 2.24) is 9.80 Å². The Bertz CT molecular complexity index is 672. The van der Waals surface area contributed by atoms with E-state index >= 15 is 0 Å². The van der Waals surface area contributed by atoms with Crippen LogP contribution in [0, 0.1) is 21.8 Å². The van der Waals surface area contributed by atoms with Crippen LogP contribution in [-0.4, -0.2) is 48.9 Å². The number of benzene rings is 1. The molecule has 1 aliphatic heterocycles. The van der Waals surface area contributed by atoms with Crippen LogP contribution in [0.1, 0.15) is 18.4 Å². The molecule has 1 aromatic carbocycles. The third-order valence-electron chi connectivity index (χ3n) is 4.47. The van der Waals surface area contributed by atoms with Gasteiger partial charge in [0.25, 0.3) is 5.91 Å². The minimum atomic E-state index is -0.220. The van der Waals surface area contributed by atoms with E-state index in [1.165, 1.54) is 6.20 Å². The second kappa shape index (κ2) is 8.49. The molecule has 1 fully saturated rings. The predicted octanol–water partition coefficient (Wildman–Crippen LogP) is 2.97. The van der Waals surface area contributed by atoms with Crippen molar-refractivity contribution in [2.75, 3.05) is 32.5 Å². The molecule has 24 heavy (non-hydrogen) atoms. The molecule has 1 aliphatic rings. The number of hydrogen-bond donors (Lipinski definition) is 1. The molecule has 1 amide bonds. The average Bonchev–Trinajstić information content (AvgIpc) is 2.57. The highest BCUT2D eigenvalue weighted by Crippen LogP contribution is 2.19. The van der Waals surface area contributed by atoms with E-state index in [1.807, 2.05) is 25.1 Å². The zero-order valence-electron chi connectivity index (χ0n) is 14.3. The Morgan fingerprint density at radius 2 is 2.12 bits per heavy atom. The molecule has 0 aromatic heterocycles. The number of anilines is 1. The number of likely N-dealkylation sites (tertiary alicyclic amines) is 1. The number of amides is 1. The largest absolute Gasteiger partial charge is 0.360 e. The van der Waals surface area contributed by atoms with E-state index in [1.54, 1.807) is 11.9 Å². The first kappa shape index (κ1) is 18.7. The van der Waals surface area contributed by atoms with Crippen LogP contribution in [0.5, 0.6) is 0 Å². The normalized spacial score (nSPS) is 16.5. The first-order valence-electron chi connectivity index (χ1n) is 8.01. The van der Waals surface area contributed by atoms with Gasteiger partial charge in [0.2, 0.25) is 0 Å². The van der Waals surface area contributed by atoms with Gasteiger partial charge in [0, 0.05) is 28.5 Å². The summed E-state index contributed by atoms with van der Waals surface area (Å²) in [5.74, 6) is -0.220. The van der Waals surface area contributed by atoms with Gasteiger partial charge in [-0.1, -0.05) is 0 Å². The molecule has 1 heterocycles. The lowest BCUT2D eigenvalue weighted by molar-refractivity contribution is -0.128. The van der Waals surface area contributed by atoms with E-state index in [-0.39, 0.29) is 17.5 Å². The number of nitrogens with one attached hydrogen (secondary N) is 1. The molecule has 128 valence electrons. The van der Waals surface area contributed by atoms with Gasteiger partial charge in [-0.05, 0) is 86.3 Å². The lowest BCUT2D eigenvalue weighted by Gasteiger charge is -2.35. The summed E-state index contributed by atoms with van der Waals surface area (Å²) in [5, 5.41) is 12.5. The number of carbonyl (C=O) groups is 1. The van der Waals surface area contributed by atoms with Crippen LogP contribution in [0.15, 0.2) is 30.0 Å². The number of hydrogen-bond acceptors (Lipinski definition) is 4. The fourth-order valence-corrected chi connectivity index (χ4v) is 3.47. The number of carbonyl (C=O) groups excluding carboxylic acids is 1. The van der Waals surface area contributed by atoms with E-state index in [0.717, 1.165) is 40.8 Å². The molecule has 0 unspecified atom stereocenters. The predicted molar refractivity (Wildman–Crippen MR) is 105 cm³/mol. The van der Waals surface area contributed by atoms with Gasteiger partial charge in [-0.2, -0.15) is 5.26 Å². The topological polar surface area (TPSA) is 59.4 Å². The highest BCUT2D eigenvalue weighted by molar-refractivity contribution is 14.1. The van der Waals surface area contributed by atoms with Crippen molar-refractivity contribution in [3.63, 3.8) is 0 Å². The van der Waals surface area contributed by atoms with Crippen LogP contribution in [0.3, 0.4) is 0 Å². The van der Waals surface area contributed by atoms with Gasteiger partial charge in [0.15, 0.2) is 0 Å². The Kier molecular flexibility index (Phi) is 6.63. The Labute approximate surface area is 157 Å². The zero-order chi connectivity index (χ0) is 17.7. The quantitative estimate of drug-likeness (QED) is 0.446. The summed E-state index contributed by atoms with van der Waals surface area (Å²) in [7, 11) is 3.88. The third-order valence-corrected chi connectivity index (χ3v) is 5.14. The first-order chi connectivity index (χ1) is 11.4. The number of nitriles is 1. The Balaban J connectivity index is 2.06. The summed E-state index contributed by atoms with van der Waals surface area (Å²) in [4.78, 5) is 16.6. The number of nitrogens with zero attached hydrogens (tertiary/aromatic N) is 3. The maximum Gasteiger partial charge on any atom is 0.266 e. The fraction of sp³-hybridized carbons (Fsp3) is 0.444. The van der Waals surface area contributed by atoms with E-state index in [4.69, 9.17) is 0 Å². The maximum atomic E-state index is 12.6. The van der Waals surface area contributed by atoms with Crippen LogP contribution >= 0.6 is 22.6 Å². The molecule has 2 rings (SSSR count). The van der Waals surface area contributed by atoms with Crippen molar-refractivity contribution in [3.8, 4) is 6.07 Å². The van der Waals surface area contributed by atoms with Crippen LogP contribution < -0.4 is 5.32 Å². The van der Waals surface area contributed by atoms with E-state index in [9.17, 15) is 10.1 Å². The standard InChI is InChI=1S/C18H23IN4O/c1-13-10-15(19)4-5-17(13)21-12-14(11-20)18(24)23(3)16-6-8-22(2)9-7-16/h4-5,10,12,16,21H,6-9H2,1-3H3/b14-12-. The highest BCUT2D eigenvalue weighted by Gasteiger charge is 2.25. The van der Waals surface area contributed by atoms with Crippen molar-refractivity contribution in [2.45, 2.75) is 25.8 Å². The molecule has 1 N–H and O–H groups in total. The summed E-state index contributed by atoms with van der Waals surface area (Å²) in [6.07, 6.45) is 3.41. The number of aryl methyl sites for hydroxylation is 1. The SMILES string of the molecule is Cc1cc(I)ccc1N/C=C(/C#N)C(=O)N(C)C1CCN(C)CC1. The van der Waals surface area contributed by atoms with E-state index in [2.05, 4.69) is 45.9 Å². The van der Waals surface area contributed by atoms with Gasteiger partial charge < -0.3 is 15.1 Å². The second-order valence-electron chi connectivity index (χ2n) is 6.22. The Morgan fingerprint density at radius 3 is 2.71 bits per heavy atom. The van der Waals surface area contributed by atoms with Crippen molar-refractivity contribution in [3.05, 3.63) is 39.1 Å². The molecule has 5 nitrogen and oxygen atoms in total. The number of rotatable bonds is 4. The van der Waals surface area contributed by atoms with Gasteiger partial charge in [-0.3, -0.25) is 4.79 Å². The van der Waals surface area contributed by atoms with Gasteiger partial charge in [0.05, 0.1) is 0 Å². The molecule has 6 heteroatoms. The van der Waals surface area contributed by atoms with Crippen molar-refractivity contribution in [2.24, 2.45) is 0 Å². The first-order valence-corrected chi connectivity index (χ1v) is 9.09. The maximum absolute atomic E-state index is 12.6. The molecule has 1 aromatic rings. The Morgan fingerprint density at radius 1 is 1.46 bits per heavy atom. The smallest absolute Gasteiger partial charge is 0.266 e. The molecule has 1 saturated heterocycles. The van der Waals surface area contributed by atoms with Gasteiger partial charge in [-0.25, -0.2) is 0 Å².